The number of hydrogen-bond donors (Lipinski definition) is 1. The van der Waals surface area contributed by atoms with Gasteiger partial charge < -0.3 is 5.11 Å². The molecule has 0 saturated carbocycles. The second-order valence-electron chi connectivity index (χ2n) is 5.80. The SMILES string of the molecule is O=C(O)C1CCN(S(=O)(=O)c2ccc3c(c2)CCC3)CC1. The van der Waals surface area contributed by atoms with Gasteiger partial charge in [-0.25, -0.2) is 8.42 Å². The fourth-order valence-electron chi connectivity index (χ4n) is 3.20. The molecule has 1 aliphatic heterocycles. The number of carboxylic acid groups (broad SMARTS) is 1. The monoisotopic (exact) mass is 309 g/mol. The molecule has 0 amide bonds. The number of carbonyl (C=O) groups is 1. The van der Waals surface area contributed by atoms with Gasteiger partial charge in [0.25, 0.3) is 0 Å². The highest BCUT2D eigenvalue weighted by atomic mass is 32.2. The Morgan fingerprint density at radius 1 is 1.14 bits per heavy atom. The molecule has 2 aliphatic rings. The van der Waals surface area contributed by atoms with Crippen molar-refractivity contribution in [2.24, 2.45) is 5.92 Å². The van der Waals surface area contributed by atoms with Crippen molar-refractivity contribution in [3.8, 4) is 0 Å². The van der Waals surface area contributed by atoms with Crippen molar-refractivity contribution in [1.29, 1.82) is 0 Å². The van der Waals surface area contributed by atoms with Crippen LogP contribution in [0.15, 0.2) is 23.1 Å². The van der Waals surface area contributed by atoms with E-state index in [0.29, 0.717) is 17.7 Å². The lowest BCUT2D eigenvalue weighted by molar-refractivity contribution is -0.142. The highest BCUT2D eigenvalue weighted by Crippen LogP contribution is 2.28. The molecule has 0 spiro atoms. The van der Waals surface area contributed by atoms with Crippen LogP contribution in [0.1, 0.15) is 30.4 Å². The summed E-state index contributed by atoms with van der Waals surface area (Å²) in [6.07, 6.45) is 3.83. The van der Waals surface area contributed by atoms with Gasteiger partial charge in [-0.15, -0.1) is 0 Å². The Bertz CT molecular complexity index is 660. The van der Waals surface area contributed by atoms with Crippen molar-refractivity contribution >= 4 is 16.0 Å². The molecule has 0 unspecified atom stereocenters. The van der Waals surface area contributed by atoms with Gasteiger partial charge in [0.05, 0.1) is 10.8 Å². The summed E-state index contributed by atoms with van der Waals surface area (Å²) in [6.45, 7) is 0.576. The molecule has 0 bridgehead atoms. The van der Waals surface area contributed by atoms with Gasteiger partial charge in [0.2, 0.25) is 10.0 Å². The molecule has 21 heavy (non-hydrogen) atoms. The maximum atomic E-state index is 12.6. The lowest BCUT2D eigenvalue weighted by Gasteiger charge is -2.29. The van der Waals surface area contributed by atoms with Crippen LogP contribution in [-0.4, -0.2) is 36.9 Å². The van der Waals surface area contributed by atoms with Crippen LogP contribution < -0.4 is 0 Å². The molecule has 1 N–H and O–H groups in total. The molecule has 0 aromatic heterocycles. The van der Waals surface area contributed by atoms with E-state index < -0.39 is 21.9 Å². The topological polar surface area (TPSA) is 74.7 Å². The van der Waals surface area contributed by atoms with Gasteiger partial charge in [0.15, 0.2) is 0 Å². The molecule has 1 aromatic carbocycles. The first kappa shape index (κ1) is 14.5. The highest BCUT2D eigenvalue weighted by molar-refractivity contribution is 7.89. The zero-order valence-corrected chi connectivity index (χ0v) is 12.6. The fraction of sp³-hybridized carbons (Fsp3) is 0.533. The molecule has 0 atom stereocenters. The van der Waals surface area contributed by atoms with Crippen LogP contribution in [0.4, 0.5) is 0 Å². The smallest absolute Gasteiger partial charge is 0.306 e. The van der Waals surface area contributed by atoms with E-state index in [2.05, 4.69) is 0 Å². The average molecular weight is 309 g/mol. The minimum atomic E-state index is -3.49. The summed E-state index contributed by atoms with van der Waals surface area (Å²) < 4.78 is 26.7. The average Bonchev–Trinajstić information content (AvgIpc) is 2.94. The number of aliphatic carboxylic acids is 1. The van der Waals surface area contributed by atoms with Crippen LogP contribution >= 0.6 is 0 Å². The lowest BCUT2D eigenvalue weighted by Crippen LogP contribution is -2.40. The zero-order chi connectivity index (χ0) is 15.0. The van der Waals surface area contributed by atoms with E-state index in [1.807, 2.05) is 6.07 Å². The molecule has 3 rings (SSSR count). The van der Waals surface area contributed by atoms with E-state index in [1.165, 1.54) is 9.87 Å². The zero-order valence-electron chi connectivity index (χ0n) is 11.8. The van der Waals surface area contributed by atoms with Gasteiger partial charge in [-0.3, -0.25) is 4.79 Å². The second-order valence-corrected chi connectivity index (χ2v) is 7.74. The van der Waals surface area contributed by atoms with E-state index in [9.17, 15) is 13.2 Å². The third-order valence-corrected chi connectivity index (χ3v) is 6.41. The third-order valence-electron chi connectivity index (χ3n) is 4.51. The number of fused-ring (bicyclic) bond motifs is 1. The predicted molar refractivity (Wildman–Crippen MR) is 77.6 cm³/mol. The summed E-state index contributed by atoms with van der Waals surface area (Å²) in [5.74, 6) is -1.25. The van der Waals surface area contributed by atoms with Gasteiger partial charge in [-0.2, -0.15) is 4.31 Å². The lowest BCUT2D eigenvalue weighted by atomic mass is 9.99. The van der Waals surface area contributed by atoms with Gasteiger partial charge in [0, 0.05) is 13.1 Å². The van der Waals surface area contributed by atoms with E-state index >= 15 is 0 Å². The Morgan fingerprint density at radius 3 is 2.48 bits per heavy atom. The predicted octanol–water partition coefficient (Wildman–Crippen LogP) is 1.66. The van der Waals surface area contributed by atoms with Crippen molar-refractivity contribution in [3.05, 3.63) is 29.3 Å². The summed E-state index contributed by atoms with van der Waals surface area (Å²) in [4.78, 5) is 11.3. The van der Waals surface area contributed by atoms with Crippen molar-refractivity contribution in [3.63, 3.8) is 0 Å². The van der Waals surface area contributed by atoms with Crippen molar-refractivity contribution < 1.29 is 18.3 Å². The third kappa shape index (κ3) is 2.70. The van der Waals surface area contributed by atoms with E-state index in [4.69, 9.17) is 5.11 Å². The summed E-state index contributed by atoms with van der Waals surface area (Å²) in [6, 6.07) is 5.39. The maximum absolute atomic E-state index is 12.6. The number of piperidine rings is 1. The molecule has 6 heteroatoms. The van der Waals surface area contributed by atoms with Crippen molar-refractivity contribution in [2.75, 3.05) is 13.1 Å². The van der Waals surface area contributed by atoms with E-state index in [-0.39, 0.29) is 13.1 Å². The molecular weight excluding hydrogens is 290 g/mol. The first-order valence-electron chi connectivity index (χ1n) is 7.33. The number of carboxylic acids is 1. The largest absolute Gasteiger partial charge is 0.481 e. The van der Waals surface area contributed by atoms with Crippen LogP contribution in [0.2, 0.25) is 0 Å². The normalized spacial score (nSPS) is 20.4. The number of hydrogen-bond acceptors (Lipinski definition) is 3. The van der Waals surface area contributed by atoms with Crippen LogP contribution in [-0.2, 0) is 27.7 Å². The molecule has 114 valence electrons. The van der Waals surface area contributed by atoms with Gasteiger partial charge >= 0.3 is 5.97 Å². The second kappa shape index (κ2) is 5.42. The summed E-state index contributed by atoms with van der Waals surface area (Å²) >= 11 is 0. The number of benzene rings is 1. The molecule has 1 aliphatic carbocycles. The molecule has 1 fully saturated rings. The van der Waals surface area contributed by atoms with E-state index in [1.54, 1.807) is 12.1 Å². The Morgan fingerprint density at radius 2 is 1.81 bits per heavy atom. The van der Waals surface area contributed by atoms with Crippen molar-refractivity contribution in [1.82, 2.24) is 4.31 Å². The van der Waals surface area contributed by atoms with E-state index in [0.717, 1.165) is 24.8 Å². The number of rotatable bonds is 3. The van der Waals surface area contributed by atoms with Gasteiger partial charge in [-0.1, -0.05) is 6.07 Å². The minimum absolute atomic E-state index is 0.288. The Kier molecular flexibility index (Phi) is 3.75. The molecule has 5 nitrogen and oxygen atoms in total. The molecule has 1 heterocycles. The summed E-state index contributed by atoms with van der Waals surface area (Å²) in [5.41, 5.74) is 2.38. The maximum Gasteiger partial charge on any atom is 0.306 e. The van der Waals surface area contributed by atoms with Crippen LogP contribution in [0, 0.1) is 5.92 Å². The Balaban J connectivity index is 1.80. The Hall–Kier alpha value is -1.40. The van der Waals surface area contributed by atoms with Gasteiger partial charge in [0.1, 0.15) is 0 Å². The molecule has 1 aromatic rings. The highest BCUT2D eigenvalue weighted by Gasteiger charge is 2.32. The number of aryl methyl sites for hydroxylation is 2. The summed E-state index contributed by atoms with van der Waals surface area (Å²) in [5, 5.41) is 8.98. The first-order chi connectivity index (χ1) is 9.98. The quantitative estimate of drug-likeness (QED) is 0.921. The van der Waals surface area contributed by atoms with Gasteiger partial charge in [-0.05, 0) is 55.4 Å². The Labute approximate surface area is 124 Å². The molecular formula is C15H19NO4S. The van der Waals surface area contributed by atoms with Crippen LogP contribution in [0.5, 0.6) is 0 Å². The van der Waals surface area contributed by atoms with Crippen molar-refractivity contribution in [2.45, 2.75) is 37.0 Å². The number of nitrogens with zero attached hydrogens (tertiary/aromatic N) is 1. The standard InChI is InChI=1S/C15H19NO4S/c17-15(18)12-6-8-16(9-7-12)21(19,20)14-5-4-11-2-1-3-13(11)10-14/h4-5,10,12H,1-3,6-9H2,(H,17,18). The number of sulfonamides is 1. The van der Waals surface area contributed by atoms with Crippen LogP contribution in [0.25, 0.3) is 0 Å². The minimum Gasteiger partial charge on any atom is -0.481 e. The van der Waals surface area contributed by atoms with Crippen LogP contribution in [0.3, 0.4) is 0 Å². The fourth-order valence-corrected chi connectivity index (χ4v) is 4.72. The molecule has 0 radical (unpaired) electrons. The summed E-state index contributed by atoms with van der Waals surface area (Å²) in [7, 11) is -3.49. The molecule has 1 saturated heterocycles. The first-order valence-corrected chi connectivity index (χ1v) is 8.77.